The maximum atomic E-state index is 13.5. The summed E-state index contributed by atoms with van der Waals surface area (Å²) in [6, 6.07) is 13.6. The molecule has 4 aliphatic rings. The molecule has 15 heteroatoms. The van der Waals surface area contributed by atoms with E-state index in [0.29, 0.717) is 99.0 Å². The van der Waals surface area contributed by atoms with Gasteiger partial charge in [0.25, 0.3) is 11.8 Å². The highest BCUT2D eigenvalue weighted by Gasteiger charge is 2.35. The number of aliphatic imine (C=N–C) groups is 1. The number of thiol groups is 1. The lowest BCUT2D eigenvalue weighted by molar-refractivity contribution is 0.0264. The number of ether oxygens (including phenoxy) is 7. The van der Waals surface area contributed by atoms with Gasteiger partial charge in [-0.05, 0) is 81.0 Å². The third-order valence-electron chi connectivity index (χ3n) is 11.2. The number of amides is 2. The summed E-state index contributed by atoms with van der Waals surface area (Å²) in [5, 5.41) is 3.50. The van der Waals surface area contributed by atoms with Crippen LogP contribution in [0.3, 0.4) is 0 Å². The Balaban J connectivity index is 1.15. The number of fused-ring (bicyclic) bond motifs is 4. The van der Waals surface area contributed by atoms with Gasteiger partial charge in [0, 0.05) is 74.7 Å². The van der Waals surface area contributed by atoms with Crippen molar-refractivity contribution in [1.82, 2.24) is 9.80 Å². The molecule has 324 valence electrons. The van der Waals surface area contributed by atoms with Crippen LogP contribution in [0.4, 0.5) is 17.1 Å². The van der Waals surface area contributed by atoms with E-state index >= 15 is 0 Å². The van der Waals surface area contributed by atoms with Crippen LogP contribution in [0.1, 0.15) is 71.4 Å². The molecule has 0 bridgehead atoms. The second kappa shape index (κ2) is 19.8. The van der Waals surface area contributed by atoms with E-state index in [9.17, 15) is 9.59 Å². The summed E-state index contributed by atoms with van der Waals surface area (Å²) in [7, 11) is 4.81. The Morgan fingerprint density at radius 2 is 1.40 bits per heavy atom. The molecule has 2 fully saturated rings. The molecule has 0 aliphatic carbocycles. The predicted molar refractivity (Wildman–Crippen MR) is 235 cm³/mol. The van der Waals surface area contributed by atoms with Crippen molar-refractivity contribution in [1.29, 1.82) is 0 Å². The first-order chi connectivity index (χ1) is 29.0. The van der Waals surface area contributed by atoms with Gasteiger partial charge < -0.3 is 53.2 Å². The van der Waals surface area contributed by atoms with Crippen molar-refractivity contribution >= 4 is 47.7 Å². The Kier molecular flexibility index (Phi) is 14.3. The van der Waals surface area contributed by atoms with Crippen LogP contribution in [0, 0.1) is 0 Å². The largest absolute Gasteiger partial charge is 0.493 e. The van der Waals surface area contributed by atoms with Crippen LogP contribution in [0.25, 0.3) is 0 Å². The molecule has 0 radical (unpaired) electrons. The minimum Gasteiger partial charge on any atom is -0.493 e. The first-order valence-electron chi connectivity index (χ1n) is 20.9. The monoisotopic (exact) mass is 845 g/mol. The molecule has 3 aromatic carbocycles. The predicted octanol–water partition coefficient (Wildman–Crippen LogP) is 6.41. The van der Waals surface area contributed by atoms with Crippen molar-refractivity contribution in [2.75, 3.05) is 97.3 Å². The van der Waals surface area contributed by atoms with E-state index in [2.05, 4.69) is 42.3 Å². The molecule has 4 aliphatic heterocycles. The molecule has 2 amide bonds. The molecular weight excluding hydrogens is 787 g/mol. The SMILES string of the molecule is COCCOCCOCCN(CC(C)(C)S)c1cc(COc2cc3c(cc2OC)C(=O)N2CCCC2C=N3)cc(COc2cc3c(cc2OC)C(=O)N2CCCC2CN3)c1. The Hall–Kier alpha value is -4.70. The van der Waals surface area contributed by atoms with Gasteiger partial charge in [-0.3, -0.25) is 14.6 Å². The number of rotatable bonds is 20. The zero-order valence-corrected chi connectivity index (χ0v) is 36.4. The molecule has 4 heterocycles. The first-order valence-corrected chi connectivity index (χ1v) is 21.3. The highest BCUT2D eigenvalue weighted by Crippen LogP contribution is 2.40. The summed E-state index contributed by atoms with van der Waals surface area (Å²) in [4.78, 5) is 37.9. The summed E-state index contributed by atoms with van der Waals surface area (Å²) in [5.41, 5.74) is 5.12. The minimum absolute atomic E-state index is 0.00401. The zero-order valence-electron chi connectivity index (χ0n) is 35.5. The molecule has 0 aromatic heterocycles. The lowest BCUT2D eigenvalue weighted by Gasteiger charge is -2.32. The standard InChI is InChI=1S/C45H59N5O9S/c1-45(2,60)29-48(12-13-56-16-17-57-15-14-53-3)34-19-30(27-58-41-23-37-35(21-39(41)54-4)43(51)49-10-6-8-32(49)25-46-37)18-31(20-34)28-59-42-24-38-36(22-40(42)55-5)44(52)50-11-7-9-33(50)26-47-38/h18-25,32-33,47,60H,6-17,26-29H2,1-5H3. The molecule has 1 N–H and O–H groups in total. The number of carbonyl (C=O) groups is 2. The molecule has 7 rings (SSSR count). The van der Waals surface area contributed by atoms with E-state index in [1.165, 1.54) is 0 Å². The highest BCUT2D eigenvalue weighted by atomic mass is 32.1. The van der Waals surface area contributed by atoms with Gasteiger partial charge >= 0.3 is 0 Å². The number of carbonyl (C=O) groups excluding carboxylic acids is 2. The maximum absolute atomic E-state index is 13.5. The fourth-order valence-corrected chi connectivity index (χ4v) is 8.46. The van der Waals surface area contributed by atoms with Crippen LogP contribution in [-0.4, -0.2) is 132 Å². The number of nitrogens with zero attached hydrogens (tertiary/aromatic N) is 4. The number of hydrogen-bond donors (Lipinski definition) is 2. The van der Waals surface area contributed by atoms with Crippen LogP contribution in [-0.2, 0) is 27.4 Å². The molecule has 3 aromatic rings. The van der Waals surface area contributed by atoms with Crippen molar-refractivity contribution in [3.8, 4) is 23.0 Å². The highest BCUT2D eigenvalue weighted by molar-refractivity contribution is 7.81. The molecule has 2 unspecified atom stereocenters. The van der Waals surface area contributed by atoms with Gasteiger partial charge in [-0.15, -0.1) is 0 Å². The molecule has 0 spiro atoms. The van der Waals surface area contributed by atoms with Crippen molar-refractivity contribution < 1.29 is 42.7 Å². The summed E-state index contributed by atoms with van der Waals surface area (Å²) < 4.78 is 40.9. The van der Waals surface area contributed by atoms with E-state index in [1.54, 1.807) is 39.5 Å². The van der Waals surface area contributed by atoms with Crippen LogP contribution >= 0.6 is 12.6 Å². The normalized spacial score (nSPS) is 18.2. The number of nitrogens with one attached hydrogen (secondary N) is 1. The minimum atomic E-state index is -0.330. The van der Waals surface area contributed by atoms with Gasteiger partial charge in [-0.1, -0.05) is 0 Å². The van der Waals surface area contributed by atoms with E-state index in [1.807, 2.05) is 22.1 Å². The first kappa shape index (κ1) is 43.4. The lowest BCUT2D eigenvalue weighted by Crippen LogP contribution is -2.37. The third-order valence-corrected chi connectivity index (χ3v) is 11.4. The third kappa shape index (κ3) is 10.4. The number of methoxy groups -OCH3 is 3. The summed E-state index contributed by atoms with van der Waals surface area (Å²) in [5.74, 6) is 1.93. The Morgan fingerprint density at radius 3 is 2.10 bits per heavy atom. The van der Waals surface area contributed by atoms with Crippen molar-refractivity contribution in [2.45, 2.75) is 69.6 Å². The van der Waals surface area contributed by atoms with Gasteiger partial charge in [-0.2, -0.15) is 12.6 Å². The molecule has 14 nitrogen and oxygen atoms in total. The number of anilines is 2. The van der Waals surface area contributed by atoms with E-state index in [0.717, 1.165) is 54.7 Å². The van der Waals surface area contributed by atoms with Crippen LogP contribution < -0.4 is 29.2 Å². The molecule has 0 saturated carbocycles. The summed E-state index contributed by atoms with van der Waals surface area (Å²) in [6.45, 7) is 10.5. The Morgan fingerprint density at radius 1 is 0.767 bits per heavy atom. The Labute approximate surface area is 358 Å². The topological polar surface area (TPSA) is 133 Å². The van der Waals surface area contributed by atoms with E-state index in [-0.39, 0.29) is 41.9 Å². The lowest BCUT2D eigenvalue weighted by atomic mass is 10.1. The molecule has 2 saturated heterocycles. The second-order valence-corrected chi connectivity index (χ2v) is 17.5. The van der Waals surface area contributed by atoms with Crippen LogP contribution in [0.2, 0.25) is 0 Å². The second-order valence-electron chi connectivity index (χ2n) is 16.3. The fourth-order valence-electron chi connectivity index (χ4n) is 8.29. The summed E-state index contributed by atoms with van der Waals surface area (Å²) in [6.07, 6.45) is 5.72. The van der Waals surface area contributed by atoms with Crippen molar-refractivity contribution in [2.24, 2.45) is 4.99 Å². The molecular formula is C45H59N5O9S. The molecule has 60 heavy (non-hydrogen) atoms. The average molecular weight is 846 g/mol. The zero-order chi connectivity index (χ0) is 42.2. The van der Waals surface area contributed by atoms with E-state index < -0.39 is 0 Å². The van der Waals surface area contributed by atoms with Crippen LogP contribution in [0.5, 0.6) is 23.0 Å². The smallest absolute Gasteiger partial charge is 0.256 e. The van der Waals surface area contributed by atoms with Crippen molar-refractivity contribution in [3.63, 3.8) is 0 Å². The fraction of sp³-hybridized carbons (Fsp3) is 0.533. The van der Waals surface area contributed by atoms with Gasteiger partial charge in [0.05, 0.1) is 75.8 Å². The quantitative estimate of drug-likeness (QED) is 0.0967. The average Bonchev–Trinajstić information content (AvgIpc) is 3.87. The van der Waals surface area contributed by atoms with Gasteiger partial charge in [0.1, 0.15) is 13.2 Å². The number of hydrogen-bond acceptors (Lipinski definition) is 13. The van der Waals surface area contributed by atoms with Gasteiger partial charge in [-0.25, -0.2) is 0 Å². The number of benzene rings is 3. The van der Waals surface area contributed by atoms with E-state index in [4.69, 9.17) is 50.8 Å². The summed E-state index contributed by atoms with van der Waals surface area (Å²) >= 11 is 4.92. The maximum Gasteiger partial charge on any atom is 0.256 e. The van der Waals surface area contributed by atoms with Crippen molar-refractivity contribution in [3.05, 3.63) is 64.7 Å². The Bertz CT molecular complexity index is 2020. The van der Waals surface area contributed by atoms with Gasteiger partial charge in [0.15, 0.2) is 23.0 Å². The van der Waals surface area contributed by atoms with Crippen LogP contribution in [0.15, 0.2) is 47.5 Å². The van der Waals surface area contributed by atoms with Gasteiger partial charge in [0.2, 0.25) is 0 Å². The molecule has 2 atom stereocenters.